The van der Waals surface area contributed by atoms with Gasteiger partial charge in [0.2, 0.25) is 0 Å². The third-order valence-electron chi connectivity index (χ3n) is 5.27. The van der Waals surface area contributed by atoms with Gasteiger partial charge in [-0.05, 0) is 36.4 Å². The molecular formula is C21H20ClN3O3. The largest absolute Gasteiger partial charge is 0.336 e. The van der Waals surface area contributed by atoms with E-state index in [1.165, 1.54) is 4.90 Å². The second kappa shape index (κ2) is 7.73. The molecule has 2 aromatic carbocycles. The molecule has 0 aliphatic carbocycles. The molecule has 0 spiro atoms. The summed E-state index contributed by atoms with van der Waals surface area (Å²) in [6.45, 7) is 3.62. The van der Waals surface area contributed by atoms with Crippen LogP contribution >= 0.6 is 11.6 Å². The van der Waals surface area contributed by atoms with E-state index < -0.39 is 0 Å². The van der Waals surface area contributed by atoms with E-state index in [1.54, 1.807) is 48.5 Å². The second-order valence-corrected chi connectivity index (χ2v) is 7.38. The van der Waals surface area contributed by atoms with Crippen LogP contribution in [0.5, 0.6) is 0 Å². The van der Waals surface area contributed by atoms with Crippen molar-refractivity contribution >= 4 is 29.3 Å². The SMILES string of the molecule is O=C(c1ccc(Cl)cc1)N1CCN(CCN2C(=O)c3ccccc3C2=O)CC1. The van der Waals surface area contributed by atoms with Crippen molar-refractivity contribution in [2.75, 3.05) is 39.3 Å². The zero-order valence-electron chi connectivity index (χ0n) is 15.3. The molecule has 0 unspecified atom stereocenters. The minimum absolute atomic E-state index is 0.00309. The number of rotatable bonds is 4. The maximum atomic E-state index is 12.6. The van der Waals surface area contributed by atoms with Crippen molar-refractivity contribution in [3.63, 3.8) is 0 Å². The van der Waals surface area contributed by atoms with Crippen LogP contribution in [0.15, 0.2) is 48.5 Å². The molecule has 0 atom stereocenters. The highest BCUT2D eigenvalue weighted by Crippen LogP contribution is 2.22. The average Bonchev–Trinajstić information content (AvgIpc) is 2.97. The lowest BCUT2D eigenvalue weighted by molar-refractivity contribution is 0.0578. The highest BCUT2D eigenvalue weighted by Gasteiger charge is 2.35. The predicted molar refractivity (Wildman–Crippen MR) is 106 cm³/mol. The fourth-order valence-corrected chi connectivity index (χ4v) is 3.76. The molecular weight excluding hydrogens is 378 g/mol. The monoisotopic (exact) mass is 397 g/mol. The fraction of sp³-hybridized carbons (Fsp3) is 0.286. The molecule has 2 aliphatic heterocycles. The number of hydrogen-bond donors (Lipinski definition) is 0. The minimum atomic E-state index is -0.225. The van der Waals surface area contributed by atoms with Crippen molar-refractivity contribution in [3.8, 4) is 0 Å². The fourth-order valence-electron chi connectivity index (χ4n) is 3.63. The molecule has 0 N–H and O–H groups in total. The number of carbonyl (C=O) groups excluding carboxylic acids is 3. The summed E-state index contributed by atoms with van der Waals surface area (Å²) in [4.78, 5) is 42.7. The van der Waals surface area contributed by atoms with Crippen LogP contribution < -0.4 is 0 Å². The van der Waals surface area contributed by atoms with Gasteiger partial charge in [-0.2, -0.15) is 0 Å². The summed E-state index contributed by atoms with van der Waals surface area (Å²) in [5, 5.41) is 0.606. The molecule has 0 radical (unpaired) electrons. The number of halogens is 1. The molecule has 1 fully saturated rings. The van der Waals surface area contributed by atoms with Gasteiger partial charge < -0.3 is 4.90 Å². The maximum absolute atomic E-state index is 12.6. The van der Waals surface area contributed by atoms with E-state index in [9.17, 15) is 14.4 Å². The van der Waals surface area contributed by atoms with Gasteiger partial charge in [0.15, 0.2) is 0 Å². The van der Waals surface area contributed by atoms with Gasteiger partial charge in [0.05, 0.1) is 11.1 Å². The van der Waals surface area contributed by atoms with Crippen LogP contribution in [-0.2, 0) is 0 Å². The maximum Gasteiger partial charge on any atom is 0.261 e. The smallest absolute Gasteiger partial charge is 0.261 e. The lowest BCUT2D eigenvalue weighted by Crippen LogP contribution is -2.50. The first-order chi connectivity index (χ1) is 13.5. The predicted octanol–water partition coefficient (Wildman–Crippen LogP) is 2.39. The molecule has 1 saturated heterocycles. The Morgan fingerprint density at radius 3 is 1.96 bits per heavy atom. The quantitative estimate of drug-likeness (QED) is 0.743. The molecule has 7 heteroatoms. The highest BCUT2D eigenvalue weighted by atomic mass is 35.5. The Hall–Kier alpha value is -2.70. The molecule has 144 valence electrons. The van der Waals surface area contributed by atoms with Crippen molar-refractivity contribution < 1.29 is 14.4 Å². The Balaban J connectivity index is 1.30. The standard InChI is InChI=1S/C21H20ClN3O3/c22-16-7-5-15(6-8-16)19(26)24-12-9-23(10-13-24)11-14-25-20(27)17-3-1-2-4-18(17)21(25)28/h1-8H,9-14H2. The van der Waals surface area contributed by atoms with Crippen molar-refractivity contribution in [1.29, 1.82) is 0 Å². The molecule has 0 saturated carbocycles. The number of piperazine rings is 1. The lowest BCUT2D eigenvalue weighted by Gasteiger charge is -2.35. The third-order valence-corrected chi connectivity index (χ3v) is 5.52. The van der Waals surface area contributed by atoms with Crippen LogP contribution in [0, 0.1) is 0 Å². The van der Waals surface area contributed by atoms with E-state index in [0.29, 0.717) is 61.0 Å². The first kappa shape index (κ1) is 18.7. The molecule has 2 aromatic rings. The molecule has 28 heavy (non-hydrogen) atoms. The summed E-state index contributed by atoms with van der Waals surface area (Å²) in [6, 6.07) is 13.8. The Kier molecular flexibility index (Phi) is 5.15. The Morgan fingerprint density at radius 1 is 0.821 bits per heavy atom. The summed E-state index contributed by atoms with van der Waals surface area (Å²) in [5.74, 6) is -0.453. The van der Waals surface area contributed by atoms with Gasteiger partial charge >= 0.3 is 0 Å². The topological polar surface area (TPSA) is 60.9 Å². The van der Waals surface area contributed by atoms with E-state index in [0.717, 1.165) is 0 Å². The van der Waals surface area contributed by atoms with Crippen molar-refractivity contribution in [1.82, 2.24) is 14.7 Å². The average molecular weight is 398 g/mol. The Labute approximate surface area is 168 Å². The Bertz CT molecular complexity index is 886. The van der Waals surface area contributed by atoms with E-state index in [1.807, 2.05) is 4.90 Å². The van der Waals surface area contributed by atoms with Gasteiger partial charge in [-0.15, -0.1) is 0 Å². The summed E-state index contributed by atoms with van der Waals surface area (Å²) in [5.41, 5.74) is 1.58. The molecule has 2 heterocycles. The van der Waals surface area contributed by atoms with Crippen LogP contribution in [0.25, 0.3) is 0 Å². The van der Waals surface area contributed by atoms with E-state index in [-0.39, 0.29) is 17.7 Å². The summed E-state index contributed by atoms with van der Waals surface area (Å²) in [6.07, 6.45) is 0. The number of amides is 3. The van der Waals surface area contributed by atoms with Crippen LogP contribution in [0.1, 0.15) is 31.1 Å². The van der Waals surface area contributed by atoms with E-state index in [4.69, 9.17) is 11.6 Å². The first-order valence-corrected chi connectivity index (χ1v) is 9.65. The summed E-state index contributed by atoms with van der Waals surface area (Å²) < 4.78 is 0. The lowest BCUT2D eigenvalue weighted by atomic mass is 10.1. The molecule has 6 nitrogen and oxygen atoms in total. The van der Waals surface area contributed by atoms with Crippen LogP contribution in [0.2, 0.25) is 5.02 Å². The number of nitrogens with zero attached hydrogens (tertiary/aromatic N) is 3. The molecule has 0 bridgehead atoms. The van der Waals surface area contributed by atoms with Crippen LogP contribution in [0.3, 0.4) is 0 Å². The number of benzene rings is 2. The van der Waals surface area contributed by atoms with Crippen LogP contribution in [-0.4, -0.2) is 71.7 Å². The summed E-state index contributed by atoms with van der Waals surface area (Å²) >= 11 is 5.88. The van der Waals surface area contributed by atoms with E-state index >= 15 is 0 Å². The zero-order valence-corrected chi connectivity index (χ0v) is 16.1. The highest BCUT2D eigenvalue weighted by molar-refractivity contribution is 6.30. The second-order valence-electron chi connectivity index (χ2n) is 6.95. The van der Waals surface area contributed by atoms with Gasteiger partial charge in [-0.1, -0.05) is 23.7 Å². The third kappa shape index (κ3) is 3.53. The molecule has 0 aromatic heterocycles. The van der Waals surface area contributed by atoms with Gasteiger partial charge in [-0.3, -0.25) is 24.2 Å². The number of hydrogen-bond acceptors (Lipinski definition) is 4. The molecule has 4 rings (SSSR count). The van der Waals surface area contributed by atoms with Crippen molar-refractivity contribution in [2.24, 2.45) is 0 Å². The van der Waals surface area contributed by atoms with Crippen LogP contribution in [0.4, 0.5) is 0 Å². The normalized spacial score (nSPS) is 17.2. The summed E-state index contributed by atoms with van der Waals surface area (Å²) in [7, 11) is 0. The minimum Gasteiger partial charge on any atom is -0.336 e. The number of carbonyl (C=O) groups is 3. The van der Waals surface area contributed by atoms with Gasteiger partial charge in [0, 0.05) is 49.9 Å². The van der Waals surface area contributed by atoms with Gasteiger partial charge in [0.1, 0.15) is 0 Å². The molecule has 2 aliphatic rings. The number of imide groups is 1. The van der Waals surface area contributed by atoms with E-state index in [2.05, 4.69) is 4.90 Å². The Morgan fingerprint density at radius 2 is 1.39 bits per heavy atom. The van der Waals surface area contributed by atoms with Crippen molar-refractivity contribution in [2.45, 2.75) is 0 Å². The van der Waals surface area contributed by atoms with Gasteiger partial charge in [0.25, 0.3) is 17.7 Å². The van der Waals surface area contributed by atoms with Crippen molar-refractivity contribution in [3.05, 3.63) is 70.2 Å². The zero-order chi connectivity index (χ0) is 19.7. The van der Waals surface area contributed by atoms with Gasteiger partial charge in [-0.25, -0.2) is 0 Å². The number of fused-ring (bicyclic) bond motifs is 1. The molecule has 3 amide bonds. The first-order valence-electron chi connectivity index (χ1n) is 9.27.